The van der Waals surface area contributed by atoms with Gasteiger partial charge in [-0.1, -0.05) is 19.8 Å². The van der Waals surface area contributed by atoms with Crippen molar-refractivity contribution < 1.29 is 29.2 Å². The van der Waals surface area contributed by atoms with Crippen LogP contribution in [0.5, 0.6) is 0 Å². The van der Waals surface area contributed by atoms with Gasteiger partial charge < -0.3 is 30.2 Å². The van der Waals surface area contributed by atoms with E-state index in [1.54, 1.807) is 0 Å². The van der Waals surface area contributed by atoms with Gasteiger partial charge in [-0.2, -0.15) is 10.2 Å². The van der Waals surface area contributed by atoms with E-state index in [4.69, 9.17) is 19.9 Å². The number of aromatic amines is 1. The number of H-pyrrole nitrogens is 1. The number of carbonyl (C=O) groups is 1. The largest absolute Gasteiger partial charge is 0.508 e. The second-order valence-corrected chi connectivity index (χ2v) is 8.31. The van der Waals surface area contributed by atoms with Crippen molar-refractivity contribution in [2.75, 3.05) is 18.9 Å². The molecule has 12 heteroatoms. The molecule has 0 saturated carbocycles. The Morgan fingerprint density at radius 1 is 1.36 bits per heavy atom. The number of nitrogens with one attached hydrogen (secondary N) is 1. The normalized spacial score (nSPS) is 25.0. The maximum atomic E-state index is 12.2. The number of hydrogen-bond donors (Lipinski definition) is 4. The van der Waals surface area contributed by atoms with Crippen molar-refractivity contribution in [2.45, 2.75) is 57.1 Å². The molecule has 0 amide bonds. The number of nitrogens with two attached hydrogens (primary N) is 1. The number of nitrogens with zero attached hydrogens (tertiary/aromatic N) is 3. The zero-order valence-electron chi connectivity index (χ0n) is 18.4. The van der Waals surface area contributed by atoms with Crippen LogP contribution in [0.1, 0.15) is 39.3 Å². The lowest BCUT2D eigenvalue weighted by Gasteiger charge is -2.27. The fraction of sp³-hybridized carbons (Fsp3) is 0.524. The molecular weight excluding hydrogens is 434 g/mol. The van der Waals surface area contributed by atoms with Crippen molar-refractivity contribution in [2.24, 2.45) is 0 Å². The lowest BCUT2D eigenvalue weighted by molar-refractivity contribution is -0.103. The van der Waals surface area contributed by atoms with Gasteiger partial charge in [0.1, 0.15) is 29.9 Å². The van der Waals surface area contributed by atoms with Gasteiger partial charge in [0, 0.05) is 22.7 Å². The standard InChI is InChI=1S/C21H27N5O7/c1-3-4-5-6-31-20(29)32-10-15-17(27)21(2,30)19(33-15)26-9-12-13(22)7-11-16(12)14(25-26)8-23-24-18(11)28/h7-9,15,17,19,27,30H,3-6,10,22H2,1-2H3,(H,24,28). The quantitative estimate of drug-likeness (QED) is 0.295. The van der Waals surface area contributed by atoms with Gasteiger partial charge in [-0.25, -0.2) is 14.6 Å². The predicted octanol–water partition coefficient (Wildman–Crippen LogP) is 1.21. The third kappa shape index (κ3) is 4.24. The van der Waals surface area contributed by atoms with E-state index < -0.39 is 35.8 Å². The van der Waals surface area contributed by atoms with E-state index in [0.29, 0.717) is 27.4 Å². The van der Waals surface area contributed by atoms with E-state index in [1.165, 1.54) is 30.1 Å². The van der Waals surface area contributed by atoms with Crippen LogP contribution in [0, 0.1) is 0 Å². The molecule has 4 atom stereocenters. The van der Waals surface area contributed by atoms with Gasteiger partial charge >= 0.3 is 6.16 Å². The van der Waals surface area contributed by atoms with Crippen LogP contribution >= 0.6 is 0 Å². The summed E-state index contributed by atoms with van der Waals surface area (Å²) in [6.07, 6.45) is 1.13. The van der Waals surface area contributed by atoms with Crippen molar-refractivity contribution in [3.05, 3.63) is 28.8 Å². The summed E-state index contributed by atoms with van der Waals surface area (Å²) in [6.45, 7) is 3.35. The molecule has 3 heterocycles. The highest BCUT2D eigenvalue weighted by Gasteiger charge is 2.53. The van der Waals surface area contributed by atoms with Gasteiger partial charge in [0.15, 0.2) is 6.23 Å². The van der Waals surface area contributed by atoms with Gasteiger partial charge in [0.2, 0.25) is 0 Å². The zero-order chi connectivity index (χ0) is 23.8. The Morgan fingerprint density at radius 2 is 2.15 bits per heavy atom. The molecule has 0 radical (unpaired) electrons. The van der Waals surface area contributed by atoms with Gasteiger partial charge in [0.05, 0.1) is 18.2 Å². The summed E-state index contributed by atoms with van der Waals surface area (Å²) in [5, 5.41) is 33.7. The van der Waals surface area contributed by atoms with Crippen molar-refractivity contribution in [1.29, 1.82) is 0 Å². The van der Waals surface area contributed by atoms with Gasteiger partial charge in [-0.05, 0) is 19.4 Å². The molecule has 1 fully saturated rings. The van der Waals surface area contributed by atoms with E-state index in [9.17, 15) is 19.8 Å². The van der Waals surface area contributed by atoms with Gasteiger partial charge in [-0.15, -0.1) is 0 Å². The molecule has 33 heavy (non-hydrogen) atoms. The van der Waals surface area contributed by atoms with Crippen LogP contribution in [0.3, 0.4) is 0 Å². The first-order valence-corrected chi connectivity index (χ1v) is 10.7. The number of unbranched alkanes of at least 4 members (excludes halogenated alkanes) is 2. The summed E-state index contributed by atoms with van der Waals surface area (Å²) < 4.78 is 17.2. The average Bonchev–Trinajstić information content (AvgIpc) is 3.17. The number of rotatable bonds is 7. The van der Waals surface area contributed by atoms with Crippen molar-refractivity contribution in [3.8, 4) is 0 Å². The molecule has 1 aliphatic rings. The molecule has 4 unspecified atom stereocenters. The van der Waals surface area contributed by atoms with E-state index in [1.807, 2.05) is 6.92 Å². The number of carbonyl (C=O) groups excluding carboxylic acids is 1. The molecule has 178 valence electrons. The van der Waals surface area contributed by atoms with Crippen LogP contribution in [0.2, 0.25) is 0 Å². The molecule has 1 aliphatic heterocycles. The number of aromatic nitrogens is 4. The van der Waals surface area contributed by atoms with Crippen LogP contribution in [0.25, 0.3) is 21.7 Å². The fourth-order valence-corrected chi connectivity index (χ4v) is 4.01. The molecule has 1 saturated heterocycles. The second kappa shape index (κ2) is 8.96. The predicted molar refractivity (Wildman–Crippen MR) is 117 cm³/mol. The summed E-state index contributed by atoms with van der Waals surface area (Å²) in [5.41, 5.74) is 4.58. The summed E-state index contributed by atoms with van der Waals surface area (Å²) in [5.74, 6) is 0. The molecule has 5 N–H and O–H groups in total. The monoisotopic (exact) mass is 461 g/mol. The van der Waals surface area contributed by atoms with Crippen LogP contribution in [0.15, 0.2) is 23.3 Å². The third-order valence-corrected chi connectivity index (χ3v) is 5.82. The lowest BCUT2D eigenvalue weighted by Crippen LogP contribution is -2.44. The maximum absolute atomic E-state index is 12.2. The Kier molecular flexibility index (Phi) is 6.23. The second-order valence-electron chi connectivity index (χ2n) is 8.31. The Balaban J connectivity index is 1.57. The lowest BCUT2D eigenvalue weighted by atomic mass is 9.97. The minimum atomic E-state index is -1.78. The van der Waals surface area contributed by atoms with Crippen LogP contribution in [-0.2, 0) is 14.2 Å². The molecule has 3 aromatic rings. The fourth-order valence-electron chi connectivity index (χ4n) is 4.01. The van der Waals surface area contributed by atoms with Crippen LogP contribution in [0.4, 0.5) is 10.5 Å². The number of aliphatic hydroxyl groups is 2. The third-order valence-electron chi connectivity index (χ3n) is 5.82. The number of nitrogen functional groups attached to an aromatic ring is 1. The first kappa shape index (κ1) is 23.0. The molecule has 0 aliphatic carbocycles. The molecule has 0 bridgehead atoms. The van der Waals surface area contributed by atoms with Crippen molar-refractivity contribution >= 4 is 33.5 Å². The molecule has 0 spiro atoms. The van der Waals surface area contributed by atoms with E-state index in [2.05, 4.69) is 15.3 Å². The Hall–Kier alpha value is -3.22. The number of aliphatic hydroxyl groups excluding tert-OH is 1. The van der Waals surface area contributed by atoms with Crippen LogP contribution in [-0.4, -0.2) is 67.4 Å². The summed E-state index contributed by atoms with van der Waals surface area (Å²) in [4.78, 5) is 24.0. The number of hydrogen-bond acceptors (Lipinski definition) is 10. The van der Waals surface area contributed by atoms with Gasteiger partial charge in [-0.3, -0.25) is 4.79 Å². The minimum Gasteiger partial charge on any atom is -0.434 e. The van der Waals surface area contributed by atoms with E-state index in [-0.39, 0.29) is 13.2 Å². The SMILES string of the molecule is CCCCCOC(=O)OCC1OC(n2cc3c(N)cc4c(=O)[nH]ncc(n2)c34)C(C)(O)C1O. The summed E-state index contributed by atoms with van der Waals surface area (Å²) in [7, 11) is 0. The van der Waals surface area contributed by atoms with Gasteiger partial charge in [0.25, 0.3) is 5.56 Å². The Morgan fingerprint density at radius 3 is 2.91 bits per heavy atom. The highest BCUT2D eigenvalue weighted by molar-refractivity contribution is 6.14. The minimum absolute atomic E-state index is 0.242. The molecule has 1 aromatic carbocycles. The molecule has 12 nitrogen and oxygen atoms in total. The Bertz CT molecular complexity index is 1220. The number of anilines is 1. The summed E-state index contributed by atoms with van der Waals surface area (Å²) in [6, 6.07) is 1.52. The number of ether oxygens (including phenoxy) is 3. The van der Waals surface area contributed by atoms with E-state index >= 15 is 0 Å². The Labute approximate surface area is 188 Å². The first-order chi connectivity index (χ1) is 15.7. The topological polar surface area (TPSA) is 175 Å². The average molecular weight is 461 g/mol. The summed E-state index contributed by atoms with van der Waals surface area (Å²) >= 11 is 0. The highest BCUT2D eigenvalue weighted by Crippen LogP contribution is 2.39. The molecular formula is C21H27N5O7. The smallest absolute Gasteiger partial charge is 0.434 e. The highest BCUT2D eigenvalue weighted by atomic mass is 16.7. The molecule has 4 rings (SSSR count). The molecule has 2 aromatic heterocycles. The maximum Gasteiger partial charge on any atom is 0.508 e. The zero-order valence-corrected chi connectivity index (χ0v) is 18.4. The first-order valence-electron chi connectivity index (χ1n) is 10.7. The van der Waals surface area contributed by atoms with Crippen molar-refractivity contribution in [1.82, 2.24) is 20.0 Å². The van der Waals surface area contributed by atoms with Crippen molar-refractivity contribution in [3.63, 3.8) is 0 Å². The van der Waals surface area contributed by atoms with Crippen LogP contribution < -0.4 is 11.3 Å². The van der Waals surface area contributed by atoms with E-state index in [0.717, 1.165) is 19.3 Å².